The van der Waals surface area contributed by atoms with Crippen LogP contribution >= 0.6 is 27.7 Å². The number of carbonyl (C=O) groups is 1. The first-order chi connectivity index (χ1) is 15.7. The highest BCUT2D eigenvalue weighted by molar-refractivity contribution is 9.10. The normalized spacial score (nSPS) is 11.8. The van der Waals surface area contributed by atoms with Gasteiger partial charge < -0.3 is 14.0 Å². The number of ether oxygens (including phenoxy) is 1. The van der Waals surface area contributed by atoms with Gasteiger partial charge in [0.25, 0.3) is 0 Å². The summed E-state index contributed by atoms with van der Waals surface area (Å²) in [5.41, 5.74) is 2.45. The van der Waals surface area contributed by atoms with Gasteiger partial charge in [-0.05, 0) is 51.3 Å². The van der Waals surface area contributed by atoms with Crippen LogP contribution in [-0.2, 0) is 14.9 Å². The van der Waals surface area contributed by atoms with Gasteiger partial charge in [0.15, 0.2) is 6.61 Å². The van der Waals surface area contributed by atoms with Crippen molar-refractivity contribution in [1.82, 2.24) is 0 Å². The average Bonchev–Trinajstić information content (AvgIpc) is 2.77. The fourth-order valence-electron chi connectivity index (χ4n) is 2.97. The number of carboxylic acid groups (broad SMARTS) is 1. The van der Waals surface area contributed by atoms with Gasteiger partial charge in [-0.25, -0.2) is 4.79 Å². The molecule has 6 nitrogen and oxygen atoms in total. The summed E-state index contributed by atoms with van der Waals surface area (Å²) in [6, 6.07) is 22.0. The minimum atomic E-state index is -3.69. The Morgan fingerprint density at radius 1 is 1.06 bits per heavy atom. The van der Waals surface area contributed by atoms with Gasteiger partial charge in [0.1, 0.15) is 11.5 Å². The first kappa shape index (κ1) is 24.9. The van der Waals surface area contributed by atoms with E-state index >= 15 is 0 Å². The molecule has 0 aliphatic rings. The maximum atomic E-state index is 11.8. The largest absolute Gasteiger partial charge is 0.482 e. The predicted octanol–water partition coefficient (Wildman–Crippen LogP) is 5.47. The number of hydrogen-bond donors (Lipinski definition) is 1. The van der Waals surface area contributed by atoms with E-state index in [0.717, 1.165) is 26.8 Å². The van der Waals surface area contributed by atoms with Gasteiger partial charge in [0.2, 0.25) is 0 Å². The van der Waals surface area contributed by atoms with Crippen molar-refractivity contribution >= 4 is 49.4 Å². The molecule has 3 rings (SSSR count). The predicted molar refractivity (Wildman–Crippen MR) is 133 cm³/mol. The first-order valence-electron chi connectivity index (χ1n) is 9.74. The molecule has 33 heavy (non-hydrogen) atoms. The molecule has 0 saturated carbocycles. The van der Waals surface area contributed by atoms with Crippen molar-refractivity contribution < 1.29 is 27.2 Å². The third-order valence-electron chi connectivity index (χ3n) is 4.30. The zero-order valence-corrected chi connectivity index (χ0v) is 20.8. The number of thioether (sulfide) groups is 1. The molecule has 0 bridgehead atoms. The number of rotatable bonds is 10. The topological polar surface area (TPSA) is 89.9 Å². The standard InChI is InChI=1S/C24H21BrO6S2/c1-33(28,29)31-22-10-6-5-9-20(22)19(17-7-3-2-4-8-17)13-14-32-23-12-11-18(15-21(23)25)30-16-24(26)27/h2-13,15H,14,16H2,1H3,(H,26,27). The van der Waals surface area contributed by atoms with E-state index < -0.39 is 22.7 Å². The molecule has 172 valence electrons. The molecular formula is C24H21BrO6S2. The molecule has 3 aromatic carbocycles. The second kappa shape index (κ2) is 11.4. The second-order valence-electron chi connectivity index (χ2n) is 6.85. The maximum absolute atomic E-state index is 11.8. The van der Waals surface area contributed by atoms with Crippen LogP contribution < -0.4 is 8.92 Å². The third kappa shape index (κ3) is 7.66. The Kier molecular flexibility index (Phi) is 8.60. The highest BCUT2D eigenvalue weighted by Crippen LogP contribution is 2.35. The van der Waals surface area contributed by atoms with Crippen LogP contribution in [0.5, 0.6) is 11.5 Å². The summed E-state index contributed by atoms with van der Waals surface area (Å²) in [5.74, 6) is 0.274. The van der Waals surface area contributed by atoms with E-state index in [1.54, 1.807) is 36.0 Å². The van der Waals surface area contributed by atoms with Gasteiger partial charge in [-0.1, -0.05) is 54.6 Å². The lowest BCUT2D eigenvalue weighted by Gasteiger charge is -2.14. The molecule has 0 aliphatic carbocycles. The summed E-state index contributed by atoms with van der Waals surface area (Å²) in [6.07, 6.45) is 3.04. The summed E-state index contributed by atoms with van der Waals surface area (Å²) in [7, 11) is -3.69. The molecule has 0 radical (unpaired) electrons. The Morgan fingerprint density at radius 2 is 1.76 bits per heavy atom. The molecule has 0 heterocycles. The van der Waals surface area contributed by atoms with Crippen LogP contribution in [0.15, 0.2) is 88.2 Å². The second-order valence-corrected chi connectivity index (χ2v) is 10.3. The van der Waals surface area contributed by atoms with Crippen LogP contribution in [-0.4, -0.2) is 38.1 Å². The van der Waals surface area contributed by atoms with Crippen molar-refractivity contribution in [3.8, 4) is 11.5 Å². The number of benzene rings is 3. The lowest BCUT2D eigenvalue weighted by atomic mass is 9.97. The van der Waals surface area contributed by atoms with E-state index in [-0.39, 0.29) is 5.75 Å². The molecular weight excluding hydrogens is 528 g/mol. The highest BCUT2D eigenvalue weighted by atomic mass is 79.9. The van der Waals surface area contributed by atoms with Crippen LogP contribution in [0.4, 0.5) is 0 Å². The SMILES string of the molecule is CS(=O)(=O)Oc1ccccc1C(=CCSc1ccc(OCC(=O)O)cc1Br)c1ccccc1. The molecule has 0 fully saturated rings. The van der Waals surface area contributed by atoms with Crippen LogP contribution in [0, 0.1) is 0 Å². The summed E-state index contributed by atoms with van der Waals surface area (Å²) >= 11 is 5.06. The van der Waals surface area contributed by atoms with Crippen LogP contribution in [0.2, 0.25) is 0 Å². The van der Waals surface area contributed by atoms with Crippen molar-refractivity contribution in [2.75, 3.05) is 18.6 Å². The van der Waals surface area contributed by atoms with E-state index in [1.807, 2.05) is 54.6 Å². The fraction of sp³-hybridized carbons (Fsp3) is 0.125. The van der Waals surface area contributed by atoms with Crippen LogP contribution in [0.1, 0.15) is 11.1 Å². The fourth-order valence-corrected chi connectivity index (χ4v) is 4.94. The molecule has 0 aliphatic heterocycles. The van der Waals surface area contributed by atoms with Crippen molar-refractivity contribution in [1.29, 1.82) is 0 Å². The smallest absolute Gasteiger partial charge is 0.341 e. The zero-order chi connectivity index (χ0) is 23.8. The molecule has 3 aromatic rings. The zero-order valence-electron chi connectivity index (χ0n) is 17.6. The minimum Gasteiger partial charge on any atom is -0.482 e. The van der Waals surface area contributed by atoms with Crippen LogP contribution in [0.3, 0.4) is 0 Å². The Balaban J connectivity index is 1.87. The number of aliphatic carboxylic acids is 1. The average molecular weight is 549 g/mol. The molecule has 0 atom stereocenters. The van der Waals surface area contributed by atoms with E-state index in [9.17, 15) is 13.2 Å². The summed E-state index contributed by atoms with van der Waals surface area (Å²) in [4.78, 5) is 11.6. The Bertz CT molecular complexity index is 1260. The third-order valence-corrected chi connectivity index (χ3v) is 6.70. The van der Waals surface area contributed by atoms with E-state index in [4.69, 9.17) is 14.0 Å². The number of hydrogen-bond acceptors (Lipinski definition) is 6. The van der Waals surface area contributed by atoms with Crippen LogP contribution in [0.25, 0.3) is 5.57 Å². The molecule has 0 unspecified atom stereocenters. The van der Waals surface area contributed by atoms with Gasteiger partial charge in [-0.3, -0.25) is 0 Å². The minimum absolute atomic E-state index is 0.265. The molecule has 0 aromatic heterocycles. The van der Waals surface area contributed by atoms with Gasteiger partial charge in [0.05, 0.1) is 6.26 Å². The Labute approximate surface area is 205 Å². The number of para-hydroxylation sites is 1. The summed E-state index contributed by atoms with van der Waals surface area (Å²) in [5, 5.41) is 8.75. The lowest BCUT2D eigenvalue weighted by Crippen LogP contribution is -2.09. The van der Waals surface area contributed by atoms with Crippen molar-refractivity contribution in [3.63, 3.8) is 0 Å². The molecule has 1 N–H and O–H groups in total. The quantitative estimate of drug-likeness (QED) is 0.265. The number of carboxylic acids is 1. The van der Waals surface area contributed by atoms with Crippen molar-refractivity contribution in [2.45, 2.75) is 4.90 Å². The summed E-state index contributed by atoms with van der Waals surface area (Å²) < 4.78 is 34.7. The molecule has 0 spiro atoms. The Hall–Kier alpha value is -2.75. The molecule has 0 saturated heterocycles. The lowest BCUT2D eigenvalue weighted by molar-refractivity contribution is -0.139. The van der Waals surface area contributed by atoms with E-state index in [0.29, 0.717) is 17.1 Å². The van der Waals surface area contributed by atoms with E-state index in [2.05, 4.69) is 15.9 Å². The maximum Gasteiger partial charge on any atom is 0.341 e. The molecule has 0 amide bonds. The highest BCUT2D eigenvalue weighted by Gasteiger charge is 2.14. The van der Waals surface area contributed by atoms with Crippen molar-refractivity contribution in [3.05, 3.63) is 94.5 Å². The van der Waals surface area contributed by atoms with E-state index in [1.165, 1.54) is 0 Å². The molecule has 9 heteroatoms. The van der Waals surface area contributed by atoms with Gasteiger partial charge in [-0.2, -0.15) is 8.42 Å². The van der Waals surface area contributed by atoms with Gasteiger partial charge in [-0.15, -0.1) is 11.8 Å². The first-order valence-corrected chi connectivity index (χ1v) is 13.3. The number of halogens is 1. The van der Waals surface area contributed by atoms with Gasteiger partial charge >= 0.3 is 16.1 Å². The monoisotopic (exact) mass is 548 g/mol. The van der Waals surface area contributed by atoms with Gasteiger partial charge in [0, 0.05) is 20.7 Å². The van der Waals surface area contributed by atoms with Crippen molar-refractivity contribution in [2.24, 2.45) is 0 Å². The Morgan fingerprint density at radius 3 is 2.42 bits per heavy atom. The summed E-state index contributed by atoms with van der Waals surface area (Å²) in [6.45, 7) is -0.406.